The van der Waals surface area contributed by atoms with Crippen LogP contribution in [0.1, 0.15) is 44.2 Å². The summed E-state index contributed by atoms with van der Waals surface area (Å²) in [6.45, 7) is 4.29. The van der Waals surface area contributed by atoms with Crippen molar-refractivity contribution in [3.63, 3.8) is 0 Å². The van der Waals surface area contributed by atoms with E-state index in [9.17, 15) is 5.11 Å². The van der Waals surface area contributed by atoms with E-state index < -0.39 is 0 Å². The molecule has 0 aliphatic carbocycles. The molecule has 4 nitrogen and oxygen atoms in total. The smallest absolute Gasteiger partial charge is 0.161 e. The molecule has 1 fully saturated rings. The molecule has 1 aromatic rings. The zero-order valence-corrected chi connectivity index (χ0v) is 13.3. The lowest BCUT2D eigenvalue weighted by atomic mass is 9.92. The van der Waals surface area contributed by atoms with Crippen LogP contribution in [0.25, 0.3) is 0 Å². The number of nitrogens with zero attached hydrogens (tertiary/aromatic N) is 1. The number of unbranched alkanes of at least 4 members (excludes halogenated alkanes) is 1. The largest absolute Gasteiger partial charge is 0.493 e. The van der Waals surface area contributed by atoms with Crippen molar-refractivity contribution in [2.24, 2.45) is 0 Å². The molecule has 1 N–H and O–H groups in total. The molecule has 4 heteroatoms. The molecule has 1 aromatic carbocycles. The first-order valence-corrected chi connectivity index (χ1v) is 7.85. The summed E-state index contributed by atoms with van der Waals surface area (Å²) in [7, 11) is 3.29. The third-order valence-electron chi connectivity index (χ3n) is 4.25. The summed E-state index contributed by atoms with van der Waals surface area (Å²) in [6, 6.07) is 6.02. The van der Waals surface area contributed by atoms with E-state index in [2.05, 4.69) is 11.8 Å². The Labute approximate surface area is 127 Å². The van der Waals surface area contributed by atoms with Crippen LogP contribution in [0.5, 0.6) is 11.5 Å². The van der Waals surface area contributed by atoms with Gasteiger partial charge in [-0.15, -0.1) is 0 Å². The number of rotatable bonds is 6. The third-order valence-corrected chi connectivity index (χ3v) is 4.25. The van der Waals surface area contributed by atoms with Gasteiger partial charge in [0.1, 0.15) is 0 Å². The van der Waals surface area contributed by atoms with Gasteiger partial charge < -0.3 is 14.6 Å². The second-order valence-corrected chi connectivity index (χ2v) is 5.66. The predicted molar refractivity (Wildman–Crippen MR) is 84.0 cm³/mol. The summed E-state index contributed by atoms with van der Waals surface area (Å²) in [6.07, 6.45) is 3.95. The van der Waals surface area contributed by atoms with E-state index in [1.165, 1.54) is 6.42 Å². The number of piperidine rings is 1. The van der Waals surface area contributed by atoms with Crippen molar-refractivity contribution in [3.05, 3.63) is 23.8 Å². The van der Waals surface area contributed by atoms with Crippen LogP contribution in [-0.4, -0.2) is 43.4 Å². The molecular weight excluding hydrogens is 266 g/mol. The first-order chi connectivity index (χ1) is 10.2. The number of ether oxygens (including phenoxy) is 2. The van der Waals surface area contributed by atoms with Gasteiger partial charge in [-0.2, -0.15) is 0 Å². The van der Waals surface area contributed by atoms with Crippen LogP contribution >= 0.6 is 0 Å². The highest BCUT2D eigenvalue weighted by Gasteiger charge is 2.31. The Morgan fingerprint density at radius 1 is 1.24 bits per heavy atom. The van der Waals surface area contributed by atoms with Gasteiger partial charge in [0, 0.05) is 0 Å². The number of hydrogen-bond donors (Lipinski definition) is 1. The fourth-order valence-electron chi connectivity index (χ4n) is 3.13. The molecule has 1 heterocycles. The van der Waals surface area contributed by atoms with Gasteiger partial charge in [-0.1, -0.05) is 19.4 Å². The van der Waals surface area contributed by atoms with Crippen LogP contribution in [0, 0.1) is 0 Å². The molecule has 0 unspecified atom stereocenters. The number of hydrogen-bond acceptors (Lipinski definition) is 4. The number of benzene rings is 1. The molecule has 0 bridgehead atoms. The lowest BCUT2D eigenvalue weighted by molar-refractivity contribution is 0.00899. The highest BCUT2D eigenvalue weighted by atomic mass is 16.5. The maximum Gasteiger partial charge on any atom is 0.161 e. The second kappa shape index (κ2) is 7.66. The van der Waals surface area contributed by atoms with Crippen LogP contribution in [0.4, 0.5) is 0 Å². The zero-order valence-electron chi connectivity index (χ0n) is 13.3. The molecule has 21 heavy (non-hydrogen) atoms. The molecule has 1 aliphatic rings. The predicted octanol–water partition coefficient (Wildman–Crippen LogP) is 3.00. The van der Waals surface area contributed by atoms with E-state index in [-0.39, 0.29) is 12.1 Å². The summed E-state index contributed by atoms with van der Waals surface area (Å²) in [5.41, 5.74) is 1.11. The maximum atomic E-state index is 10.5. The van der Waals surface area contributed by atoms with Crippen molar-refractivity contribution in [2.45, 2.75) is 44.8 Å². The van der Waals surface area contributed by atoms with Gasteiger partial charge in [0.05, 0.1) is 26.4 Å². The Balaban J connectivity index is 2.26. The van der Waals surface area contributed by atoms with Gasteiger partial charge in [-0.05, 0) is 50.0 Å². The van der Waals surface area contributed by atoms with Crippen LogP contribution < -0.4 is 9.47 Å². The first-order valence-electron chi connectivity index (χ1n) is 7.85. The molecule has 2 atom stereocenters. The standard InChI is InChI=1S/C17H27NO3/c1-4-5-10-18-11-6-7-14(19)17(18)13-8-9-15(20-2)16(12-13)21-3/h8-9,12,14,17,19H,4-7,10-11H2,1-3H3/t14-,17-/m1/s1. The lowest BCUT2D eigenvalue weighted by Crippen LogP contribution is -2.42. The number of aliphatic hydroxyl groups excluding tert-OH is 1. The van der Waals surface area contributed by atoms with Gasteiger partial charge in [-0.25, -0.2) is 0 Å². The van der Waals surface area contributed by atoms with Gasteiger partial charge in [0.2, 0.25) is 0 Å². The first kappa shape index (κ1) is 16.1. The van der Waals surface area contributed by atoms with E-state index in [4.69, 9.17) is 9.47 Å². The molecule has 0 radical (unpaired) electrons. The topological polar surface area (TPSA) is 41.9 Å². The van der Waals surface area contributed by atoms with Gasteiger partial charge in [0.15, 0.2) is 11.5 Å². The van der Waals surface area contributed by atoms with Crippen molar-refractivity contribution in [3.8, 4) is 11.5 Å². The summed E-state index contributed by atoms with van der Waals surface area (Å²) in [4.78, 5) is 2.40. The van der Waals surface area contributed by atoms with Crippen molar-refractivity contribution >= 4 is 0 Å². The summed E-state index contributed by atoms with van der Waals surface area (Å²) in [5.74, 6) is 1.45. The average molecular weight is 293 g/mol. The molecule has 2 rings (SSSR count). The van der Waals surface area contributed by atoms with E-state index in [0.717, 1.165) is 49.4 Å². The summed E-state index contributed by atoms with van der Waals surface area (Å²) in [5, 5.41) is 10.5. The van der Waals surface area contributed by atoms with Crippen LogP contribution in [0.15, 0.2) is 18.2 Å². The minimum Gasteiger partial charge on any atom is -0.493 e. The number of methoxy groups -OCH3 is 2. The molecule has 0 aromatic heterocycles. The Bertz CT molecular complexity index is 450. The van der Waals surface area contributed by atoms with E-state index in [1.807, 2.05) is 18.2 Å². The Morgan fingerprint density at radius 2 is 2.00 bits per heavy atom. The van der Waals surface area contributed by atoms with Gasteiger partial charge in [0.25, 0.3) is 0 Å². The number of aliphatic hydroxyl groups is 1. The molecule has 1 saturated heterocycles. The molecule has 0 saturated carbocycles. The van der Waals surface area contributed by atoms with Crippen LogP contribution in [-0.2, 0) is 0 Å². The molecular formula is C17H27NO3. The quantitative estimate of drug-likeness (QED) is 0.875. The fraction of sp³-hybridized carbons (Fsp3) is 0.647. The fourth-order valence-corrected chi connectivity index (χ4v) is 3.13. The molecule has 0 spiro atoms. The van der Waals surface area contributed by atoms with Crippen LogP contribution in [0.2, 0.25) is 0 Å². The molecule has 0 amide bonds. The Kier molecular flexibility index (Phi) is 5.88. The Morgan fingerprint density at radius 3 is 2.67 bits per heavy atom. The molecule has 1 aliphatic heterocycles. The normalized spacial score (nSPS) is 23.0. The Hall–Kier alpha value is -1.26. The zero-order chi connectivity index (χ0) is 15.2. The molecule has 118 valence electrons. The van der Waals surface area contributed by atoms with Crippen molar-refractivity contribution in [1.82, 2.24) is 4.90 Å². The van der Waals surface area contributed by atoms with E-state index in [0.29, 0.717) is 0 Å². The van der Waals surface area contributed by atoms with E-state index in [1.54, 1.807) is 14.2 Å². The second-order valence-electron chi connectivity index (χ2n) is 5.66. The number of likely N-dealkylation sites (tertiary alicyclic amines) is 1. The summed E-state index contributed by atoms with van der Waals surface area (Å²) >= 11 is 0. The van der Waals surface area contributed by atoms with E-state index >= 15 is 0 Å². The van der Waals surface area contributed by atoms with Crippen molar-refractivity contribution in [1.29, 1.82) is 0 Å². The minimum atomic E-state index is -0.311. The van der Waals surface area contributed by atoms with Gasteiger partial charge in [-0.3, -0.25) is 4.90 Å². The van der Waals surface area contributed by atoms with Gasteiger partial charge >= 0.3 is 0 Å². The van der Waals surface area contributed by atoms with Crippen molar-refractivity contribution < 1.29 is 14.6 Å². The van der Waals surface area contributed by atoms with Crippen molar-refractivity contribution in [2.75, 3.05) is 27.3 Å². The summed E-state index contributed by atoms with van der Waals surface area (Å²) < 4.78 is 10.7. The maximum absolute atomic E-state index is 10.5. The monoisotopic (exact) mass is 293 g/mol. The lowest BCUT2D eigenvalue weighted by Gasteiger charge is -2.39. The highest BCUT2D eigenvalue weighted by Crippen LogP contribution is 2.36. The SMILES string of the molecule is CCCCN1CCC[C@@H](O)[C@H]1c1ccc(OC)c(OC)c1. The average Bonchev–Trinajstić information content (AvgIpc) is 2.52. The third kappa shape index (κ3) is 3.69. The van der Waals surface area contributed by atoms with Crippen LogP contribution in [0.3, 0.4) is 0 Å². The minimum absolute atomic E-state index is 0.0603. The highest BCUT2D eigenvalue weighted by molar-refractivity contribution is 5.44.